The fraction of sp³-hybridized carbons (Fsp3) is 0.929. The minimum Gasteiger partial charge on any atom is -0.465 e. The van der Waals surface area contributed by atoms with Gasteiger partial charge in [-0.3, -0.25) is 9.69 Å². The smallest absolute Gasteiger partial charge is 0.320 e. The van der Waals surface area contributed by atoms with Crippen molar-refractivity contribution < 1.29 is 9.53 Å². The average Bonchev–Trinajstić information content (AvgIpc) is 2.26. The van der Waals surface area contributed by atoms with Crippen LogP contribution in [0.1, 0.15) is 40.5 Å². The highest BCUT2D eigenvalue weighted by Crippen LogP contribution is 2.16. The fourth-order valence-corrected chi connectivity index (χ4v) is 2.30. The van der Waals surface area contributed by atoms with Gasteiger partial charge < -0.3 is 10.1 Å². The fourth-order valence-electron chi connectivity index (χ4n) is 2.30. The lowest BCUT2D eigenvalue weighted by Gasteiger charge is -2.33. The molecule has 0 amide bonds. The van der Waals surface area contributed by atoms with E-state index < -0.39 is 0 Å². The highest BCUT2D eigenvalue weighted by molar-refractivity contribution is 5.71. The van der Waals surface area contributed by atoms with E-state index in [1.807, 2.05) is 6.92 Å². The van der Waals surface area contributed by atoms with Crippen molar-refractivity contribution in [3.05, 3.63) is 0 Å². The molecule has 1 aliphatic rings. The van der Waals surface area contributed by atoms with E-state index in [0.29, 0.717) is 19.1 Å². The third-order valence-corrected chi connectivity index (χ3v) is 3.18. The lowest BCUT2D eigenvalue weighted by Crippen LogP contribution is -2.45. The number of rotatable bonds is 5. The third-order valence-electron chi connectivity index (χ3n) is 3.18. The predicted molar refractivity (Wildman–Crippen MR) is 73.6 cm³/mol. The zero-order chi connectivity index (χ0) is 13.6. The summed E-state index contributed by atoms with van der Waals surface area (Å²) in [5.41, 5.74) is 0.170. The second kappa shape index (κ2) is 7.10. The number of hydrogen-bond donors (Lipinski definition) is 1. The minimum atomic E-state index is -0.0954. The van der Waals surface area contributed by atoms with Crippen molar-refractivity contribution in [1.29, 1.82) is 0 Å². The molecule has 18 heavy (non-hydrogen) atoms. The van der Waals surface area contributed by atoms with E-state index >= 15 is 0 Å². The van der Waals surface area contributed by atoms with Crippen LogP contribution in [0.25, 0.3) is 0 Å². The van der Waals surface area contributed by atoms with E-state index in [9.17, 15) is 4.79 Å². The molecule has 1 atom stereocenters. The molecule has 1 N–H and O–H groups in total. The Balaban J connectivity index is 2.30. The van der Waals surface area contributed by atoms with E-state index in [-0.39, 0.29) is 11.5 Å². The van der Waals surface area contributed by atoms with Crippen molar-refractivity contribution in [3.63, 3.8) is 0 Å². The number of likely N-dealkylation sites (tertiary alicyclic amines) is 1. The molecular weight excluding hydrogens is 228 g/mol. The predicted octanol–water partition coefficient (Wildman–Crippen LogP) is 1.65. The summed E-state index contributed by atoms with van der Waals surface area (Å²) < 4.78 is 5.00. The topological polar surface area (TPSA) is 41.6 Å². The largest absolute Gasteiger partial charge is 0.465 e. The van der Waals surface area contributed by atoms with Crippen LogP contribution in [0.5, 0.6) is 0 Å². The first-order valence-electron chi connectivity index (χ1n) is 7.03. The molecule has 1 heterocycles. The Bertz CT molecular complexity index is 261. The molecule has 0 spiro atoms. The van der Waals surface area contributed by atoms with Crippen LogP contribution >= 0.6 is 0 Å². The number of hydrogen-bond acceptors (Lipinski definition) is 4. The van der Waals surface area contributed by atoms with Crippen LogP contribution in [-0.2, 0) is 9.53 Å². The second-order valence-corrected chi connectivity index (χ2v) is 6.18. The summed E-state index contributed by atoms with van der Waals surface area (Å²) in [7, 11) is 0. The lowest BCUT2D eigenvalue weighted by molar-refractivity contribution is -0.144. The average molecular weight is 256 g/mol. The van der Waals surface area contributed by atoms with E-state index in [1.165, 1.54) is 12.8 Å². The normalized spacial score (nSPS) is 21.9. The highest BCUT2D eigenvalue weighted by Gasteiger charge is 2.23. The first-order chi connectivity index (χ1) is 8.40. The van der Waals surface area contributed by atoms with Crippen molar-refractivity contribution in [3.8, 4) is 0 Å². The molecule has 1 unspecified atom stereocenters. The van der Waals surface area contributed by atoms with Gasteiger partial charge in [-0.1, -0.05) is 0 Å². The van der Waals surface area contributed by atoms with Gasteiger partial charge in [0.25, 0.3) is 0 Å². The van der Waals surface area contributed by atoms with Crippen molar-refractivity contribution in [1.82, 2.24) is 10.2 Å². The van der Waals surface area contributed by atoms with Gasteiger partial charge in [0, 0.05) is 12.1 Å². The van der Waals surface area contributed by atoms with Gasteiger partial charge in [0.2, 0.25) is 0 Å². The molecule has 1 saturated heterocycles. The van der Waals surface area contributed by atoms with Gasteiger partial charge >= 0.3 is 5.97 Å². The standard InChI is InChI=1S/C14H28N2O2/c1-5-18-13(17)11-16-8-6-7-12(10-16)9-15-14(2,3)4/h12,15H,5-11H2,1-4H3. The molecule has 1 aliphatic heterocycles. The van der Waals surface area contributed by atoms with Crippen LogP contribution in [-0.4, -0.2) is 49.2 Å². The molecule has 0 aromatic rings. The molecular formula is C14H28N2O2. The summed E-state index contributed by atoms with van der Waals surface area (Å²) in [5, 5.41) is 3.55. The van der Waals surface area contributed by atoms with Crippen LogP contribution in [0.15, 0.2) is 0 Å². The maximum atomic E-state index is 11.5. The summed E-state index contributed by atoms with van der Waals surface area (Å²) in [5.74, 6) is 0.550. The van der Waals surface area contributed by atoms with Crippen molar-refractivity contribution in [2.75, 3.05) is 32.8 Å². The first-order valence-corrected chi connectivity index (χ1v) is 7.03. The number of carbonyl (C=O) groups excluding carboxylic acids is 1. The molecule has 0 aromatic carbocycles. The Labute approximate surface area is 111 Å². The van der Waals surface area contributed by atoms with Gasteiger partial charge in [0.1, 0.15) is 0 Å². The zero-order valence-electron chi connectivity index (χ0n) is 12.3. The zero-order valence-corrected chi connectivity index (χ0v) is 12.3. The Hall–Kier alpha value is -0.610. The minimum absolute atomic E-state index is 0.0954. The Morgan fingerprint density at radius 3 is 2.78 bits per heavy atom. The molecule has 106 valence electrons. The van der Waals surface area contributed by atoms with Crippen molar-refractivity contribution in [2.24, 2.45) is 5.92 Å². The molecule has 0 aliphatic carbocycles. The van der Waals surface area contributed by atoms with Gasteiger partial charge in [-0.05, 0) is 59.5 Å². The molecule has 4 heteroatoms. The first kappa shape index (κ1) is 15.4. The second-order valence-electron chi connectivity index (χ2n) is 6.18. The van der Waals surface area contributed by atoms with E-state index in [1.54, 1.807) is 0 Å². The van der Waals surface area contributed by atoms with Crippen LogP contribution in [0.3, 0.4) is 0 Å². The van der Waals surface area contributed by atoms with Crippen LogP contribution in [0, 0.1) is 5.92 Å². The Morgan fingerprint density at radius 1 is 1.44 bits per heavy atom. The maximum absolute atomic E-state index is 11.5. The Morgan fingerprint density at radius 2 is 2.17 bits per heavy atom. The highest BCUT2D eigenvalue weighted by atomic mass is 16.5. The quantitative estimate of drug-likeness (QED) is 0.760. The van der Waals surface area contributed by atoms with E-state index in [0.717, 1.165) is 19.6 Å². The van der Waals surface area contributed by atoms with Crippen LogP contribution < -0.4 is 5.32 Å². The number of nitrogens with one attached hydrogen (secondary N) is 1. The van der Waals surface area contributed by atoms with Gasteiger partial charge in [-0.25, -0.2) is 0 Å². The van der Waals surface area contributed by atoms with Gasteiger partial charge in [-0.2, -0.15) is 0 Å². The van der Waals surface area contributed by atoms with Crippen molar-refractivity contribution in [2.45, 2.75) is 46.1 Å². The van der Waals surface area contributed by atoms with Crippen molar-refractivity contribution >= 4 is 5.97 Å². The number of carbonyl (C=O) groups is 1. The maximum Gasteiger partial charge on any atom is 0.320 e. The lowest BCUT2D eigenvalue weighted by atomic mass is 9.96. The summed E-state index contributed by atoms with van der Waals surface area (Å²) >= 11 is 0. The van der Waals surface area contributed by atoms with E-state index in [2.05, 4.69) is 31.0 Å². The molecule has 0 saturated carbocycles. The van der Waals surface area contributed by atoms with Gasteiger partial charge in [-0.15, -0.1) is 0 Å². The monoisotopic (exact) mass is 256 g/mol. The summed E-state index contributed by atoms with van der Waals surface area (Å²) in [4.78, 5) is 13.7. The number of piperidine rings is 1. The van der Waals surface area contributed by atoms with Crippen LogP contribution in [0.4, 0.5) is 0 Å². The van der Waals surface area contributed by atoms with Crippen LogP contribution in [0.2, 0.25) is 0 Å². The summed E-state index contributed by atoms with van der Waals surface area (Å²) in [6.07, 6.45) is 2.43. The Kier molecular flexibility index (Phi) is 6.09. The SMILES string of the molecule is CCOC(=O)CN1CCCC(CNC(C)(C)C)C1. The summed E-state index contributed by atoms with van der Waals surface area (Å²) in [6, 6.07) is 0. The molecule has 0 radical (unpaired) electrons. The number of ether oxygens (including phenoxy) is 1. The molecule has 0 aromatic heterocycles. The van der Waals surface area contributed by atoms with Gasteiger partial charge in [0.05, 0.1) is 13.2 Å². The molecule has 1 fully saturated rings. The number of nitrogens with zero attached hydrogens (tertiary/aromatic N) is 1. The van der Waals surface area contributed by atoms with Gasteiger partial charge in [0.15, 0.2) is 0 Å². The molecule has 4 nitrogen and oxygen atoms in total. The third kappa shape index (κ3) is 6.36. The molecule has 0 bridgehead atoms. The van der Waals surface area contributed by atoms with E-state index in [4.69, 9.17) is 4.74 Å². The summed E-state index contributed by atoms with van der Waals surface area (Å²) in [6.45, 7) is 12.4. The molecule has 1 rings (SSSR count). The number of esters is 1.